The molecule has 0 N–H and O–H groups in total. The van der Waals surface area contributed by atoms with Crippen molar-refractivity contribution < 1.29 is 9.53 Å². The molecule has 0 radical (unpaired) electrons. The van der Waals surface area contributed by atoms with Crippen LogP contribution < -0.4 is 0 Å². The maximum absolute atomic E-state index is 11.3. The van der Waals surface area contributed by atoms with Gasteiger partial charge in [-0.3, -0.25) is 4.79 Å². The van der Waals surface area contributed by atoms with Crippen molar-refractivity contribution in [1.29, 1.82) is 0 Å². The van der Waals surface area contributed by atoms with Crippen LogP contribution in [0, 0.1) is 0 Å². The summed E-state index contributed by atoms with van der Waals surface area (Å²) in [5.74, 6) is -0.159. The molecular formula is C13H18O2S. The molecule has 1 atom stereocenters. The van der Waals surface area contributed by atoms with Crippen LogP contribution in [0.2, 0.25) is 0 Å². The molecule has 0 aliphatic rings. The molecule has 0 fully saturated rings. The zero-order valence-electron chi connectivity index (χ0n) is 10.0. The second-order valence-electron chi connectivity index (χ2n) is 3.60. The normalized spacial score (nSPS) is 12.2. The molecule has 0 amide bonds. The van der Waals surface area contributed by atoms with Crippen molar-refractivity contribution in [2.75, 3.05) is 12.9 Å². The fourth-order valence-corrected chi connectivity index (χ4v) is 1.85. The molecule has 1 unspecified atom stereocenters. The van der Waals surface area contributed by atoms with Gasteiger partial charge in [-0.1, -0.05) is 24.3 Å². The van der Waals surface area contributed by atoms with E-state index in [4.69, 9.17) is 4.74 Å². The Hall–Kier alpha value is -0.960. The smallest absolute Gasteiger partial charge is 0.310 e. The Labute approximate surface area is 101 Å². The number of rotatable bonds is 5. The van der Waals surface area contributed by atoms with E-state index < -0.39 is 0 Å². The standard InChI is InChI=1S/C13H18O2S/c1-4-15-13(14)9-11-5-7-12(8-6-11)10(2)16-3/h5-8,10H,4,9H2,1-3H3. The predicted molar refractivity (Wildman–Crippen MR) is 68.7 cm³/mol. The van der Waals surface area contributed by atoms with Crippen molar-refractivity contribution in [3.8, 4) is 0 Å². The van der Waals surface area contributed by atoms with Crippen LogP contribution in [0.4, 0.5) is 0 Å². The van der Waals surface area contributed by atoms with Gasteiger partial charge in [-0.05, 0) is 31.2 Å². The van der Waals surface area contributed by atoms with E-state index in [2.05, 4.69) is 25.3 Å². The van der Waals surface area contributed by atoms with E-state index in [1.807, 2.05) is 30.8 Å². The number of thioether (sulfide) groups is 1. The molecule has 1 aromatic carbocycles. The molecule has 3 heteroatoms. The van der Waals surface area contributed by atoms with E-state index in [9.17, 15) is 4.79 Å². The highest BCUT2D eigenvalue weighted by molar-refractivity contribution is 7.98. The molecule has 0 aromatic heterocycles. The summed E-state index contributed by atoms with van der Waals surface area (Å²) in [5.41, 5.74) is 2.30. The summed E-state index contributed by atoms with van der Waals surface area (Å²) in [4.78, 5) is 11.3. The fourth-order valence-electron chi connectivity index (χ4n) is 1.42. The van der Waals surface area contributed by atoms with E-state index in [0.717, 1.165) is 5.56 Å². The third kappa shape index (κ3) is 3.89. The summed E-state index contributed by atoms with van der Waals surface area (Å²) in [6.07, 6.45) is 2.46. The van der Waals surface area contributed by atoms with Gasteiger partial charge in [-0.15, -0.1) is 0 Å². The molecular weight excluding hydrogens is 220 g/mol. The Bertz CT molecular complexity index is 332. The first kappa shape index (κ1) is 13.1. The van der Waals surface area contributed by atoms with Crippen molar-refractivity contribution in [3.63, 3.8) is 0 Å². The van der Waals surface area contributed by atoms with Gasteiger partial charge >= 0.3 is 5.97 Å². The highest BCUT2D eigenvalue weighted by Crippen LogP contribution is 2.25. The van der Waals surface area contributed by atoms with Gasteiger partial charge in [0.1, 0.15) is 0 Å². The SMILES string of the molecule is CCOC(=O)Cc1ccc(C(C)SC)cc1. The average Bonchev–Trinajstić information content (AvgIpc) is 2.29. The molecule has 88 valence electrons. The van der Waals surface area contributed by atoms with E-state index in [1.165, 1.54) is 5.56 Å². The Morgan fingerprint density at radius 2 is 2.00 bits per heavy atom. The summed E-state index contributed by atoms with van der Waals surface area (Å²) in [6.45, 7) is 4.44. The lowest BCUT2D eigenvalue weighted by molar-refractivity contribution is -0.142. The van der Waals surface area contributed by atoms with Gasteiger partial charge in [0.2, 0.25) is 0 Å². The second-order valence-corrected chi connectivity index (χ2v) is 4.78. The summed E-state index contributed by atoms with van der Waals surface area (Å²) < 4.78 is 4.90. The number of hydrogen-bond donors (Lipinski definition) is 0. The van der Waals surface area contributed by atoms with E-state index >= 15 is 0 Å². The van der Waals surface area contributed by atoms with Crippen LogP contribution in [0.15, 0.2) is 24.3 Å². The van der Waals surface area contributed by atoms with Crippen molar-refractivity contribution in [1.82, 2.24) is 0 Å². The van der Waals surface area contributed by atoms with Crippen molar-refractivity contribution in [2.24, 2.45) is 0 Å². The zero-order valence-corrected chi connectivity index (χ0v) is 10.8. The molecule has 0 aliphatic heterocycles. The number of carbonyl (C=O) groups excluding carboxylic acids is 1. The zero-order chi connectivity index (χ0) is 12.0. The molecule has 0 saturated heterocycles. The molecule has 0 bridgehead atoms. The third-order valence-electron chi connectivity index (χ3n) is 2.46. The van der Waals surface area contributed by atoms with Gasteiger partial charge in [-0.2, -0.15) is 11.8 Å². The molecule has 2 nitrogen and oxygen atoms in total. The highest BCUT2D eigenvalue weighted by Gasteiger charge is 2.06. The van der Waals surface area contributed by atoms with Crippen LogP contribution in [-0.2, 0) is 16.0 Å². The fraction of sp³-hybridized carbons (Fsp3) is 0.462. The van der Waals surface area contributed by atoms with E-state index in [-0.39, 0.29) is 5.97 Å². The Balaban J connectivity index is 2.61. The topological polar surface area (TPSA) is 26.3 Å². The van der Waals surface area contributed by atoms with Crippen molar-refractivity contribution in [3.05, 3.63) is 35.4 Å². The lowest BCUT2D eigenvalue weighted by Crippen LogP contribution is -2.07. The van der Waals surface area contributed by atoms with Gasteiger partial charge in [0.15, 0.2) is 0 Å². The van der Waals surface area contributed by atoms with Crippen LogP contribution in [0.1, 0.15) is 30.2 Å². The van der Waals surface area contributed by atoms with Crippen molar-refractivity contribution in [2.45, 2.75) is 25.5 Å². The van der Waals surface area contributed by atoms with Gasteiger partial charge in [-0.25, -0.2) is 0 Å². The minimum atomic E-state index is -0.159. The first-order valence-electron chi connectivity index (χ1n) is 5.44. The van der Waals surface area contributed by atoms with Gasteiger partial charge in [0, 0.05) is 5.25 Å². The quantitative estimate of drug-likeness (QED) is 0.737. The van der Waals surface area contributed by atoms with Crippen LogP contribution >= 0.6 is 11.8 Å². The van der Waals surface area contributed by atoms with Gasteiger partial charge in [0.05, 0.1) is 13.0 Å². The van der Waals surface area contributed by atoms with E-state index in [0.29, 0.717) is 18.3 Å². The maximum Gasteiger partial charge on any atom is 0.310 e. The highest BCUT2D eigenvalue weighted by atomic mass is 32.2. The Morgan fingerprint density at radius 3 is 2.50 bits per heavy atom. The van der Waals surface area contributed by atoms with Gasteiger partial charge < -0.3 is 4.74 Å². The average molecular weight is 238 g/mol. The lowest BCUT2D eigenvalue weighted by Gasteiger charge is -2.09. The van der Waals surface area contributed by atoms with Crippen LogP contribution in [0.3, 0.4) is 0 Å². The predicted octanol–water partition coefficient (Wildman–Crippen LogP) is 3.22. The number of ether oxygens (including phenoxy) is 1. The number of esters is 1. The largest absolute Gasteiger partial charge is 0.466 e. The molecule has 1 rings (SSSR count). The molecule has 0 aliphatic carbocycles. The molecule has 0 saturated carbocycles. The molecule has 0 heterocycles. The van der Waals surface area contributed by atoms with E-state index in [1.54, 1.807) is 0 Å². The number of benzene rings is 1. The summed E-state index contributed by atoms with van der Waals surface area (Å²) >= 11 is 1.81. The van der Waals surface area contributed by atoms with Crippen LogP contribution in [0.5, 0.6) is 0 Å². The second kappa shape index (κ2) is 6.59. The first-order chi connectivity index (χ1) is 7.67. The number of hydrogen-bond acceptors (Lipinski definition) is 3. The summed E-state index contributed by atoms with van der Waals surface area (Å²) in [7, 11) is 0. The first-order valence-corrected chi connectivity index (χ1v) is 6.73. The molecule has 0 spiro atoms. The van der Waals surface area contributed by atoms with Gasteiger partial charge in [0.25, 0.3) is 0 Å². The minimum absolute atomic E-state index is 0.159. The third-order valence-corrected chi connectivity index (χ3v) is 3.44. The van der Waals surface area contributed by atoms with Crippen LogP contribution in [-0.4, -0.2) is 18.8 Å². The number of carbonyl (C=O) groups is 1. The maximum atomic E-state index is 11.3. The molecule has 1 aromatic rings. The van der Waals surface area contributed by atoms with Crippen molar-refractivity contribution >= 4 is 17.7 Å². The van der Waals surface area contributed by atoms with Crippen LogP contribution in [0.25, 0.3) is 0 Å². The monoisotopic (exact) mass is 238 g/mol. The minimum Gasteiger partial charge on any atom is -0.466 e. The lowest BCUT2D eigenvalue weighted by atomic mass is 10.1. The Kier molecular flexibility index (Phi) is 5.39. The molecule has 16 heavy (non-hydrogen) atoms. The Morgan fingerprint density at radius 1 is 1.38 bits per heavy atom. The summed E-state index contributed by atoms with van der Waals surface area (Å²) in [5, 5.41) is 0.497. The summed E-state index contributed by atoms with van der Waals surface area (Å²) in [6, 6.07) is 8.16.